The maximum Gasteiger partial charge on any atom is 0.191 e. The van der Waals surface area contributed by atoms with E-state index in [0.29, 0.717) is 0 Å². The van der Waals surface area contributed by atoms with Gasteiger partial charge in [-0.1, -0.05) is 0 Å². The summed E-state index contributed by atoms with van der Waals surface area (Å²) in [5.41, 5.74) is 1.14. The third-order valence-electron chi connectivity index (χ3n) is 3.27. The first kappa shape index (κ1) is 14.8. The van der Waals surface area contributed by atoms with Crippen LogP contribution in [-0.4, -0.2) is 67.1 Å². The zero-order valence-corrected chi connectivity index (χ0v) is 12.3. The van der Waals surface area contributed by atoms with E-state index in [0.717, 1.165) is 57.5 Å². The number of nitrogens with one attached hydrogen (secondary N) is 2. The largest absolute Gasteiger partial charge is 0.379 e. The first-order valence-corrected chi connectivity index (χ1v) is 7.00. The Kier molecular flexibility index (Phi) is 5.82. The van der Waals surface area contributed by atoms with E-state index in [1.807, 2.05) is 19.4 Å². The van der Waals surface area contributed by atoms with Crippen LogP contribution < -0.4 is 10.6 Å². The topological polar surface area (TPSA) is 66.7 Å². The van der Waals surface area contributed by atoms with Crippen LogP contribution in [0.3, 0.4) is 0 Å². The number of aliphatic imine (C=N–C) groups is 1. The number of rotatable bonds is 5. The number of hydrogen-bond donors (Lipinski definition) is 2. The van der Waals surface area contributed by atoms with Crippen molar-refractivity contribution in [3.8, 4) is 0 Å². The minimum Gasteiger partial charge on any atom is -0.379 e. The Morgan fingerprint density at radius 1 is 1.40 bits per heavy atom. The summed E-state index contributed by atoms with van der Waals surface area (Å²) in [6.45, 7) is 6.34. The Morgan fingerprint density at radius 3 is 2.85 bits per heavy atom. The standard InChI is InChI=1S/C13H24N6O/c1-14-13(16-9-12-10-17-18(2)11-12)15-3-4-19-5-7-20-8-6-19/h10-11H,3-9H2,1-2H3,(H2,14,15,16). The van der Waals surface area contributed by atoms with Gasteiger partial charge >= 0.3 is 0 Å². The molecule has 1 aliphatic rings. The van der Waals surface area contributed by atoms with Gasteiger partial charge in [0.15, 0.2) is 5.96 Å². The Hall–Kier alpha value is -1.60. The molecule has 0 aromatic carbocycles. The van der Waals surface area contributed by atoms with Gasteiger partial charge in [-0.2, -0.15) is 5.10 Å². The number of nitrogens with zero attached hydrogens (tertiary/aromatic N) is 4. The van der Waals surface area contributed by atoms with Crippen molar-refractivity contribution < 1.29 is 4.74 Å². The maximum absolute atomic E-state index is 5.33. The number of guanidine groups is 1. The molecule has 1 fully saturated rings. The molecule has 1 aromatic heterocycles. The number of aromatic nitrogens is 2. The van der Waals surface area contributed by atoms with Crippen LogP contribution >= 0.6 is 0 Å². The summed E-state index contributed by atoms with van der Waals surface area (Å²) < 4.78 is 7.13. The summed E-state index contributed by atoms with van der Waals surface area (Å²) >= 11 is 0. The summed E-state index contributed by atoms with van der Waals surface area (Å²) in [7, 11) is 3.70. The highest BCUT2D eigenvalue weighted by atomic mass is 16.5. The van der Waals surface area contributed by atoms with Crippen molar-refractivity contribution in [3.63, 3.8) is 0 Å². The Balaban J connectivity index is 1.64. The SMILES string of the molecule is CN=C(NCCN1CCOCC1)NCc1cnn(C)c1. The number of morpholine rings is 1. The second-order valence-corrected chi connectivity index (χ2v) is 4.83. The number of aryl methyl sites for hydroxylation is 1. The number of ether oxygens (including phenoxy) is 1. The molecular weight excluding hydrogens is 256 g/mol. The fourth-order valence-electron chi connectivity index (χ4n) is 2.13. The van der Waals surface area contributed by atoms with Crippen LogP contribution in [0.4, 0.5) is 0 Å². The predicted molar refractivity (Wildman–Crippen MR) is 78.7 cm³/mol. The fraction of sp³-hybridized carbons (Fsp3) is 0.692. The van der Waals surface area contributed by atoms with Gasteiger partial charge in [0.2, 0.25) is 0 Å². The lowest BCUT2D eigenvalue weighted by molar-refractivity contribution is 0.0389. The van der Waals surface area contributed by atoms with Crippen molar-refractivity contribution in [2.45, 2.75) is 6.54 Å². The Bertz CT molecular complexity index is 424. The van der Waals surface area contributed by atoms with Gasteiger partial charge in [-0.25, -0.2) is 0 Å². The Labute approximate surface area is 120 Å². The Morgan fingerprint density at radius 2 is 2.20 bits per heavy atom. The quantitative estimate of drug-likeness (QED) is 0.558. The predicted octanol–water partition coefficient (Wildman–Crippen LogP) is -0.583. The van der Waals surface area contributed by atoms with Gasteiger partial charge < -0.3 is 15.4 Å². The van der Waals surface area contributed by atoms with Crippen LogP contribution in [0.25, 0.3) is 0 Å². The summed E-state index contributed by atoms with van der Waals surface area (Å²) in [4.78, 5) is 6.61. The first-order chi connectivity index (χ1) is 9.78. The monoisotopic (exact) mass is 280 g/mol. The number of hydrogen-bond acceptors (Lipinski definition) is 4. The molecule has 20 heavy (non-hydrogen) atoms. The van der Waals surface area contributed by atoms with Gasteiger partial charge in [-0.3, -0.25) is 14.6 Å². The van der Waals surface area contributed by atoms with E-state index in [2.05, 4.69) is 25.6 Å². The molecule has 0 amide bonds. The molecule has 0 spiro atoms. The van der Waals surface area contributed by atoms with Gasteiger partial charge in [0.05, 0.1) is 19.4 Å². The molecule has 1 aliphatic heterocycles. The van der Waals surface area contributed by atoms with Crippen molar-refractivity contribution in [2.24, 2.45) is 12.0 Å². The molecule has 112 valence electrons. The first-order valence-electron chi connectivity index (χ1n) is 7.00. The lowest BCUT2D eigenvalue weighted by Gasteiger charge is -2.26. The maximum atomic E-state index is 5.33. The molecule has 0 aliphatic carbocycles. The van der Waals surface area contributed by atoms with Crippen LogP contribution in [0.15, 0.2) is 17.4 Å². The zero-order chi connectivity index (χ0) is 14.2. The van der Waals surface area contributed by atoms with Gasteiger partial charge in [-0.05, 0) is 0 Å². The molecule has 0 bridgehead atoms. The molecule has 2 rings (SSSR count). The van der Waals surface area contributed by atoms with E-state index in [4.69, 9.17) is 4.74 Å². The zero-order valence-electron chi connectivity index (χ0n) is 12.3. The normalized spacial score (nSPS) is 17.2. The van der Waals surface area contributed by atoms with E-state index in [1.54, 1.807) is 11.7 Å². The van der Waals surface area contributed by atoms with E-state index in [1.165, 1.54) is 0 Å². The van der Waals surface area contributed by atoms with Crippen LogP contribution in [0.1, 0.15) is 5.56 Å². The third kappa shape index (κ3) is 4.82. The summed E-state index contributed by atoms with van der Waals surface area (Å²) in [6, 6.07) is 0. The van der Waals surface area contributed by atoms with E-state index in [-0.39, 0.29) is 0 Å². The second-order valence-electron chi connectivity index (χ2n) is 4.83. The van der Waals surface area contributed by atoms with Gasteiger partial charge in [0, 0.05) is 58.6 Å². The average molecular weight is 280 g/mol. The van der Waals surface area contributed by atoms with E-state index >= 15 is 0 Å². The third-order valence-corrected chi connectivity index (χ3v) is 3.27. The molecule has 0 radical (unpaired) electrons. The summed E-state index contributed by atoms with van der Waals surface area (Å²) in [5.74, 6) is 0.821. The molecule has 1 aromatic rings. The highest BCUT2D eigenvalue weighted by Crippen LogP contribution is 1.96. The van der Waals surface area contributed by atoms with Gasteiger partial charge in [-0.15, -0.1) is 0 Å². The molecule has 0 saturated carbocycles. The van der Waals surface area contributed by atoms with Crippen molar-refractivity contribution in [3.05, 3.63) is 18.0 Å². The lowest BCUT2D eigenvalue weighted by atomic mass is 10.3. The van der Waals surface area contributed by atoms with Gasteiger partial charge in [0.1, 0.15) is 0 Å². The highest BCUT2D eigenvalue weighted by Gasteiger charge is 2.09. The highest BCUT2D eigenvalue weighted by molar-refractivity contribution is 5.79. The fourth-order valence-corrected chi connectivity index (χ4v) is 2.13. The molecule has 0 atom stereocenters. The second kappa shape index (κ2) is 7.86. The van der Waals surface area contributed by atoms with Crippen molar-refractivity contribution in [2.75, 3.05) is 46.4 Å². The van der Waals surface area contributed by atoms with Crippen LogP contribution in [0.2, 0.25) is 0 Å². The van der Waals surface area contributed by atoms with Crippen LogP contribution in [0, 0.1) is 0 Å². The molecule has 0 unspecified atom stereocenters. The summed E-state index contributed by atoms with van der Waals surface area (Å²) in [5, 5.41) is 10.7. The molecule has 1 saturated heterocycles. The lowest BCUT2D eigenvalue weighted by Crippen LogP contribution is -2.44. The molecule has 7 heteroatoms. The van der Waals surface area contributed by atoms with Gasteiger partial charge in [0.25, 0.3) is 0 Å². The minimum absolute atomic E-state index is 0.727. The van der Waals surface area contributed by atoms with Crippen LogP contribution in [-0.2, 0) is 18.3 Å². The summed E-state index contributed by atoms with van der Waals surface area (Å²) in [6.07, 6.45) is 3.85. The molecule has 2 heterocycles. The van der Waals surface area contributed by atoms with E-state index < -0.39 is 0 Å². The van der Waals surface area contributed by atoms with E-state index in [9.17, 15) is 0 Å². The molecule has 7 nitrogen and oxygen atoms in total. The minimum atomic E-state index is 0.727. The van der Waals surface area contributed by atoms with Crippen molar-refractivity contribution in [1.29, 1.82) is 0 Å². The van der Waals surface area contributed by atoms with Crippen molar-refractivity contribution in [1.82, 2.24) is 25.3 Å². The average Bonchev–Trinajstić information content (AvgIpc) is 2.89. The smallest absolute Gasteiger partial charge is 0.191 e. The molecule has 2 N–H and O–H groups in total. The molecular formula is C13H24N6O. The van der Waals surface area contributed by atoms with Crippen LogP contribution in [0.5, 0.6) is 0 Å². The van der Waals surface area contributed by atoms with Crippen molar-refractivity contribution >= 4 is 5.96 Å².